The van der Waals surface area contributed by atoms with E-state index in [1.807, 2.05) is 30.3 Å². The van der Waals surface area contributed by atoms with Gasteiger partial charge in [-0.25, -0.2) is 0 Å². The smallest absolute Gasteiger partial charge is 0.215 e. The van der Waals surface area contributed by atoms with E-state index in [9.17, 15) is 10.2 Å². The van der Waals surface area contributed by atoms with Crippen molar-refractivity contribution >= 4 is 29.8 Å². The van der Waals surface area contributed by atoms with E-state index >= 15 is 0 Å². The Morgan fingerprint density at radius 3 is 1.37 bits per heavy atom. The van der Waals surface area contributed by atoms with Crippen LogP contribution in [0.15, 0.2) is 152 Å². The maximum absolute atomic E-state index is 10.6. The number of benzene rings is 5. The standard InChI is InChI=1S/C54H68O6P2S/c1-50(2,33-21-10-11-22-34-63-9)44-29-31-48(46(35-44)52(5,6)42-25-17-13-18-26-42)59-61-57-39-54(37-55,38-56)40-58-62-60-49-32-30-45(51(3,4)41-23-15-12-16-24-41)36-47(49)53(7,8)43-27-19-14-20-28-43/h10-32,35-36,55-56,61-62H,33-34,37-40H2,1-9H3. The molecule has 2 unspecified atom stereocenters. The molecule has 2 N–H and O–H groups in total. The van der Waals surface area contributed by atoms with Crippen molar-refractivity contribution in [3.8, 4) is 11.5 Å². The lowest BCUT2D eigenvalue weighted by Crippen LogP contribution is -2.38. The average Bonchev–Trinajstić information content (AvgIpc) is 3.30. The van der Waals surface area contributed by atoms with Crippen molar-refractivity contribution in [1.82, 2.24) is 0 Å². The molecule has 5 rings (SSSR count). The molecule has 0 saturated heterocycles. The molecule has 0 fully saturated rings. The van der Waals surface area contributed by atoms with Crippen molar-refractivity contribution in [3.63, 3.8) is 0 Å². The molecule has 0 aliphatic carbocycles. The fourth-order valence-electron chi connectivity index (χ4n) is 7.64. The van der Waals surface area contributed by atoms with E-state index in [2.05, 4.69) is 183 Å². The molecule has 0 aliphatic heterocycles. The number of thioether (sulfide) groups is 1. The van der Waals surface area contributed by atoms with Crippen molar-refractivity contribution in [1.29, 1.82) is 0 Å². The molecule has 0 saturated carbocycles. The van der Waals surface area contributed by atoms with Gasteiger partial charge in [-0.3, -0.25) is 0 Å². The Bertz CT molecular complexity index is 2220. The molecular weight excluding hydrogens is 839 g/mol. The van der Waals surface area contributed by atoms with E-state index in [-0.39, 0.29) is 66.2 Å². The molecular formula is C54H68O6P2S. The fourth-order valence-corrected chi connectivity index (χ4v) is 9.33. The minimum atomic E-state index is -1.07. The van der Waals surface area contributed by atoms with Gasteiger partial charge >= 0.3 is 0 Å². The highest BCUT2D eigenvalue weighted by Gasteiger charge is 2.34. The summed E-state index contributed by atoms with van der Waals surface area (Å²) in [7, 11) is -0.761. The zero-order chi connectivity index (χ0) is 45.6. The lowest BCUT2D eigenvalue weighted by molar-refractivity contribution is -0.0146. The number of rotatable bonds is 24. The largest absolute Gasteiger partial charge is 0.449 e. The second-order valence-electron chi connectivity index (χ2n) is 18.6. The van der Waals surface area contributed by atoms with Crippen molar-refractivity contribution < 1.29 is 28.3 Å². The van der Waals surface area contributed by atoms with Crippen molar-refractivity contribution in [2.75, 3.05) is 38.4 Å². The molecule has 5 aromatic rings. The van der Waals surface area contributed by atoms with E-state index < -0.39 is 5.41 Å². The zero-order valence-electron chi connectivity index (χ0n) is 38.6. The summed E-state index contributed by atoms with van der Waals surface area (Å²) in [5.41, 5.74) is 5.90. The Morgan fingerprint density at radius 2 is 0.921 bits per heavy atom. The summed E-state index contributed by atoms with van der Waals surface area (Å²) in [5, 5.41) is 21.2. The molecule has 9 heteroatoms. The van der Waals surface area contributed by atoms with Gasteiger partial charge in [0, 0.05) is 33.1 Å². The summed E-state index contributed by atoms with van der Waals surface area (Å²) in [4.78, 5) is 0. The molecule has 0 aromatic heterocycles. The van der Waals surface area contributed by atoms with Gasteiger partial charge in [0.15, 0.2) is 0 Å². The highest BCUT2D eigenvalue weighted by atomic mass is 32.2. The van der Waals surface area contributed by atoms with Crippen molar-refractivity contribution in [3.05, 3.63) is 191 Å². The third-order valence-corrected chi connectivity index (χ3v) is 14.1. The summed E-state index contributed by atoms with van der Waals surface area (Å²) < 4.78 is 25.0. The summed E-state index contributed by atoms with van der Waals surface area (Å²) in [6.45, 7) is 17.3. The van der Waals surface area contributed by atoms with Gasteiger partial charge in [0.05, 0.1) is 31.8 Å². The predicted molar refractivity (Wildman–Crippen MR) is 269 cm³/mol. The van der Waals surface area contributed by atoms with Crippen molar-refractivity contribution in [2.45, 2.75) is 83.5 Å². The molecule has 0 amide bonds. The van der Waals surface area contributed by atoms with Crippen LogP contribution < -0.4 is 9.05 Å². The molecule has 0 aliphatic rings. The number of aliphatic hydroxyl groups is 2. The number of aliphatic hydroxyl groups excluding tert-OH is 2. The van der Waals surface area contributed by atoms with Crippen LogP contribution in [0.25, 0.3) is 0 Å². The van der Waals surface area contributed by atoms with Crippen LogP contribution in [-0.2, 0) is 30.7 Å². The quantitative estimate of drug-likeness (QED) is 0.0363. The fraction of sp³-hybridized carbons (Fsp3) is 0.370. The van der Waals surface area contributed by atoms with Crippen molar-refractivity contribution in [2.24, 2.45) is 5.41 Å². The van der Waals surface area contributed by atoms with Crippen LogP contribution in [0.1, 0.15) is 101 Å². The maximum atomic E-state index is 10.6. The van der Waals surface area contributed by atoms with Gasteiger partial charge in [-0.05, 0) is 58.0 Å². The third-order valence-electron chi connectivity index (χ3n) is 12.4. The monoisotopic (exact) mass is 906 g/mol. The lowest BCUT2D eigenvalue weighted by atomic mass is 9.73. The summed E-state index contributed by atoms with van der Waals surface area (Å²) >= 11 is 1.81. The maximum Gasteiger partial charge on any atom is 0.215 e. The first-order valence-corrected chi connectivity index (χ1v) is 24.7. The van der Waals surface area contributed by atoms with Gasteiger partial charge in [0.2, 0.25) is 18.1 Å². The minimum Gasteiger partial charge on any atom is -0.449 e. The minimum absolute atomic E-state index is 0.0251. The van der Waals surface area contributed by atoms with E-state index in [1.165, 1.54) is 27.8 Å². The van der Waals surface area contributed by atoms with Crippen LogP contribution in [0.2, 0.25) is 0 Å². The molecule has 5 aromatic carbocycles. The topological polar surface area (TPSA) is 77.4 Å². The van der Waals surface area contributed by atoms with E-state index in [0.29, 0.717) is 0 Å². The van der Waals surface area contributed by atoms with Crippen LogP contribution in [0.5, 0.6) is 11.5 Å². The summed E-state index contributed by atoms with van der Waals surface area (Å²) in [6.07, 6.45) is 11.7. The third kappa shape index (κ3) is 13.0. The summed E-state index contributed by atoms with van der Waals surface area (Å²) in [5.74, 6) is 2.45. The Morgan fingerprint density at radius 1 is 0.508 bits per heavy atom. The van der Waals surface area contributed by atoms with Crippen LogP contribution in [0.4, 0.5) is 0 Å². The molecule has 0 heterocycles. The zero-order valence-corrected chi connectivity index (χ0v) is 41.4. The predicted octanol–water partition coefficient (Wildman–Crippen LogP) is 13.3. The summed E-state index contributed by atoms with van der Waals surface area (Å²) in [6, 6.07) is 44.3. The van der Waals surface area contributed by atoms with Gasteiger partial charge in [-0.2, -0.15) is 11.8 Å². The Kier molecular flexibility index (Phi) is 18.3. The first kappa shape index (κ1) is 50.2. The molecule has 336 valence electrons. The van der Waals surface area contributed by atoms with Crippen LogP contribution in [0, 0.1) is 5.41 Å². The van der Waals surface area contributed by atoms with E-state index in [0.717, 1.165) is 34.8 Å². The van der Waals surface area contributed by atoms with Crippen LogP contribution in [-0.4, -0.2) is 48.6 Å². The van der Waals surface area contributed by atoms with Crippen LogP contribution >= 0.6 is 29.8 Å². The first-order chi connectivity index (χ1) is 30.1. The van der Waals surface area contributed by atoms with Gasteiger partial charge in [-0.1, -0.05) is 195 Å². The Balaban J connectivity index is 1.28. The second kappa shape index (κ2) is 22.9. The molecule has 0 radical (unpaired) electrons. The molecule has 63 heavy (non-hydrogen) atoms. The van der Waals surface area contributed by atoms with E-state index in [1.54, 1.807) is 11.8 Å². The van der Waals surface area contributed by atoms with Gasteiger partial charge in [0.1, 0.15) is 11.5 Å². The van der Waals surface area contributed by atoms with Crippen LogP contribution in [0.3, 0.4) is 0 Å². The highest BCUT2D eigenvalue weighted by Crippen LogP contribution is 2.45. The number of hydrogen-bond acceptors (Lipinski definition) is 7. The molecule has 0 bridgehead atoms. The molecule has 2 atom stereocenters. The van der Waals surface area contributed by atoms with Gasteiger partial charge in [-0.15, -0.1) is 0 Å². The lowest BCUT2D eigenvalue weighted by Gasteiger charge is -2.32. The Labute approximate surface area is 385 Å². The normalized spacial score (nSPS) is 13.3. The van der Waals surface area contributed by atoms with Gasteiger partial charge in [0.25, 0.3) is 0 Å². The number of hydrogen-bond donors (Lipinski definition) is 2. The average molecular weight is 907 g/mol. The second-order valence-corrected chi connectivity index (χ2v) is 20.8. The Hall–Kier alpha value is -3.77. The SMILES string of the molecule is CSCC=CC=CCC(C)(C)c1ccc(OPOCC(CO)(CO)COPOc2ccc(C(C)(C)c3ccccc3)cc2C(C)(C)c2ccccc2)c(C(C)(C)c2ccccc2)c1. The van der Waals surface area contributed by atoms with Gasteiger partial charge < -0.3 is 28.3 Å². The highest BCUT2D eigenvalue weighted by molar-refractivity contribution is 7.98. The van der Waals surface area contributed by atoms with E-state index in [4.69, 9.17) is 18.1 Å². The first-order valence-electron chi connectivity index (χ1n) is 21.7. The number of allylic oxidation sites excluding steroid dienone is 3. The molecule has 6 nitrogen and oxygen atoms in total. The molecule has 0 spiro atoms.